The van der Waals surface area contributed by atoms with E-state index in [0.29, 0.717) is 105 Å². The van der Waals surface area contributed by atoms with Gasteiger partial charge in [-0.1, -0.05) is 30.7 Å². The number of carboxylic acids is 1. The highest BCUT2D eigenvalue weighted by Crippen LogP contribution is 2.54. The summed E-state index contributed by atoms with van der Waals surface area (Å²) in [6.45, 7) is 6.99. The number of aliphatic carboxylic acids is 1. The van der Waals surface area contributed by atoms with Crippen molar-refractivity contribution in [2.75, 3.05) is 130 Å². The van der Waals surface area contributed by atoms with Gasteiger partial charge in [-0.15, -0.1) is 0 Å². The van der Waals surface area contributed by atoms with Gasteiger partial charge in [0.2, 0.25) is 5.69 Å². The second-order valence-corrected chi connectivity index (χ2v) is 28.6. The van der Waals surface area contributed by atoms with Gasteiger partial charge in [0.15, 0.2) is 5.71 Å². The molecule has 5 N–H and O–H groups in total. The number of nitrogens with zero attached hydrogens (tertiary/aromatic N) is 2. The van der Waals surface area contributed by atoms with Crippen molar-refractivity contribution in [3.05, 3.63) is 95.7 Å². The normalized spacial score (nSPS) is 18.0. The van der Waals surface area contributed by atoms with Crippen molar-refractivity contribution in [3.63, 3.8) is 0 Å². The summed E-state index contributed by atoms with van der Waals surface area (Å²) in [6.07, 6.45) is 9.51. The fraction of sp³-hybridized carbons (Fsp3) is 0.517. The first-order valence-corrected chi connectivity index (χ1v) is 35.9. The minimum Gasteiger partial charge on any atom is -0.744 e. The van der Waals surface area contributed by atoms with Crippen LogP contribution in [0, 0.1) is 0 Å². The lowest BCUT2D eigenvalue weighted by Crippen LogP contribution is -2.33. The van der Waals surface area contributed by atoms with Crippen molar-refractivity contribution in [3.8, 4) is 0 Å². The van der Waals surface area contributed by atoms with Crippen molar-refractivity contribution < 1.29 is 117 Å². The van der Waals surface area contributed by atoms with Crippen LogP contribution in [0.15, 0.2) is 104 Å². The summed E-state index contributed by atoms with van der Waals surface area (Å²) in [6, 6.07) is 9.19. The Morgan fingerprint density at radius 1 is 0.556 bits per heavy atom. The van der Waals surface area contributed by atoms with Gasteiger partial charge in [-0.25, -0.2) is 8.42 Å². The minimum atomic E-state index is -5.38. The Labute approximate surface area is 525 Å². The number of fused-ring (bicyclic) bond motifs is 6. The molecule has 4 aromatic rings. The van der Waals surface area contributed by atoms with E-state index in [-0.39, 0.29) is 113 Å². The summed E-state index contributed by atoms with van der Waals surface area (Å²) >= 11 is 0. The maximum Gasteiger partial charge on any atom is 0.303 e. The number of anilines is 1. The predicted octanol–water partition coefficient (Wildman–Crippen LogP) is 5.86. The molecule has 0 amide bonds. The molecule has 0 fully saturated rings. The van der Waals surface area contributed by atoms with Gasteiger partial charge in [0.05, 0.1) is 105 Å². The van der Waals surface area contributed by atoms with Crippen LogP contribution in [-0.4, -0.2) is 212 Å². The number of hydrogen-bond acceptors (Lipinski definition) is 21. The Morgan fingerprint density at radius 2 is 1.04 bits per heavy atom. The standard InChI is InChI=1S/C58H78N2O25S5/c1-57(19-23-80-29-31-84-35-33-82-27-25-78-3)52(59(21-10-6-9-14-54(61)62)48-17-15-44-46(55(48)57)38-42(87(66,67)68)40-50(44)89(72,73)74)12-7-5-8-13-53-58(2,20-24-81-30-32-85-36-34-83-28-26-79-4)56-47-39-43(88(69,70)71)41-51(90(75,76)77)45(47)16-18-49(56)60(53)22-11-37-86(63,64)65/h5,7-8,12-13,15-18,38-41H,6,9-11,14,19-37H2,1-4H3,(H5-,61,62,63,64,65,66,67,68,69,70,71,72,73,74,75,76,77). The molecule has 2 aliphatic heterocycles. The Balaban J connectivity index is 1.50. The van der Waals surface area contributed by atoms with Gasteiger partial charge in [-0.05, 0) is 104 Å². The van der Waals surface area contributed by atoms with Crippen LogP contribution in [-0.2, 0) is 104 Å². The van der Waals surface area contributed by atoms with Gasteiger partial charge >= 0.3 is 5.97 Å². The molecule has 0 spiro atoms. The maximum atomic E-state index is 13.0. The zero-order valence-electron chi connectivity index (χ0n) is 50.3. The molecule has 0 radical (unpaired) electrons. The zero-order chi connectivity index (χ0) is 66.1. The van der Waals surface area contributed by atoms with Crippen LogP contribution in [0.1, 0.15) is 69.9 Å². The van der Waals surface area contributed by atoms with Crippen LogP contribution in [0.3, 0.4) is 0 Å². The number of carboxylic acid groups (broad SMARTS) is 1. The number of rotatable bonds is 41. The first-order valence-electron chi connectivity index (χ1n) is 28.6. The van der Waals surface area contributed by atoms with Gasteiger partial charge in [0.25, 0.3) is 40.5 Å². The van der Waals surface area contributed by atoms with Gasteiger partial charge in [0.1, 0.15) is 21.6 Å². The SMILES string of the molecule is COCCOCCOCCOCCC1(C)C(/C=C/C=C/C=C2/N(CCCCCC(=O)O)c3ccc4c(S(=O)(=O)[O-])cc(S(=O)(=O)O)cc4c3C2(C)CCOCCOCCOCCOC)=[N+](CCCS(=O)(=O)O)c2ccc3c(S(=O)(=O)O)cc(S(=O)(=O)O)cc3c21. The number of ether oxygens (including phenoxy) is 8. The third kappa shape index (κ3) is 19.7. The second kappa shape index (κ2) is 32.6. The molecule has 2 aliphatic rings. The first-order chi connectivity index (χ1) is 42.4. The molecule has 2 heterocycles. The number of carbonyl (C=O) groups is 1. The molecule has 32 heteroatoms. The average Bonchev–Trinajstić information content (AvgIpc) is 1.52. The zero-order valence-corrected chi connectivity index (χ0v) is 54.4. The maximum absolute atomic E-state index is 13.0. The van der Waals surface area contributed by atoms with Crippen LogP contribution >= 0.6 is 0 Å². The van der Waals surface area contributed by atoms with E-state index in [4.69, 9.17) is 37.9 Å². The molecule has 90 heavy (non-hydrogen) atoms. The molecule has 500 valence electrons. The third-order valence-electron chi connectivity index (χ3n) is 15.3. The monoisotopic (exact) mass is 1360 g/mol. The smallest absolute Gasteiger partial charge is 0.303 e. The van der Waals surface area contributed by atoms with E-state index >= 15 is 0 Å². The third-order valence-corrected chi connectivity index (χ3v) is 19.5. The Hall–Kier alpha value is -5.21. The van der Waals surface area contributed by atoms with E-state index in [1.165, 1.54) is 18.2 Å². The molecule has 2 atom stereocenters. The van der Waals surface area contributed by atoms with E-state index < -0.39 is 92.7 Å². The topological polar surface area (TPSA) is 392 Å². The average molecular weight is 1360 g/mol. The van der Waals surface area contributed by atoms with Gasteiger partial charge < -0.3 is 52.5 Å². The number of benzene rings is 4. The van der Waals surface area contributed by atoms with Crippen LogP contribution in [0.2, 0.25) is 0 Å². The summed E-state index contributed by atoms with van der Waals surface area (Å²) < 4.78 is 227. The molecule has 0 saturated heterocycles. The van der Waals surface area contributed by atoms with Crippen molar-refractivity contribution >= 4 is 95.2 Å². The fourth-order valence-corrected chi connectivity index (χ4v) is 14.3. The Morgan fingerprint density at radius 3 is 1.54 bits per heavy atom. The first kappa shape index (κ1) is 73.8. The van der Waals surface area contributed by atoms with Crippen molar-refractivity contribution in [2.45, 2.75) is 89.2 Å². The second-order valence-electron chi connectivity index (χ2n) is 21.5. The van der Waals surface area contributed by atoms with Crippen LogP contribution in [0.5, 0.6) is 0 Å². The molecule has 0 aromatic heterocycles. The number of hydrogen-bond donors (Lipinski definition) is 5. The van der Waals surface area contributed by atoms with Crippen LogP contribution in [0.25, 0.3) is 21.5 Å². The lowest BCUT2D eigenvalue weighted by Gasteiger charge is -2.31. The highest BCUT2D eigenvalue weighted by Gasteiger charge is 2.50. The summed E-state index contributed by atoms with van der Waals surface area (Å²) in [7, 11) is -22.2. The van der Waals surface area contributed by atoms with Crippen molar-refractivity contribution in [1.29, 1.82) is 0 Å². The van der Waals surface area contributed by atoms with Crippen molar-refractivity contribution in [2.24, 2.45) is 0 Å². The number of allylic oxidation sites excluding steroid dienone is 6. The van der Waals surface area contributed by atoms with E-state index in [1.807, 2.05) is 11.8 Å². The highest BCUT2D eigenvalue weighted by molar-refractivity contribution is 7.87. The molecular weight excluding hydrogens is 1280 g/mol. The molecule has 2 unspecified atom stereocenters. The lowest BCUT2D eigenvalue weighted by molar-refractivity contribution is -0.437. The lowest BCUT2D eigenvalue weighted by atomic mass is 9.75. The van der Waals surface area contributed by atoms with E-state index in [9.17, 15) is 74.8 Å². The number of unbranched alkanes of at least 4 members (excludes halogenated alkanes) is 2. The van der Waals surface area contributed by atoms with Gasteiger partial charge in [-0.3, -0.25) is 23.0 Å². The summed E-state index contributed by atoms with van der Waals surface area (Å²) in [5.41, 5.74) is -0.0506. The quantitative estimate of drug-likeness (QED) is 0.0150. The van der Waals surface area contributed by atoms with Crippen molar-refractivity contribution in [1.82, 2.24) is 0 Å². The molecule has 0 saturated carbocycles. The fourth-order valence-electron chi connectivity index (χ4n) is 11.1. The molecular formula is C58H78N2O25S5. The predicted molar refractivity (Wildman–Crippen MR) is 329 cm³/mol. The summed E-state index contributed by atoms with van der Waals surface area (Å²) in [5.74, 6) is -1.67. The molecule has 27 nitrogen and oxygen atoms in total. The Kier molecular flexibility index (Phi) is 26.7. The Bertz CT molecular complexity index is 3910. The van der Waals surface area contributed by atoms with E-state index in [1.54, 1.807) is 62.2 Å². The highest BCUT2D eigenvalue weighted by atomic mass is 32.2. The summed E-state index contributed by atoms with van der Waals surface area (Å²) in [4.78, 5) is 9.99. The minimum absolute atomic E-state index is 0.00372. The van der Waals surface area contributed by atoms with Gasteiger partial charge in [0, 0.05) is 86.7 Å². The molecule has 0 aliphatic carbocycles. The molecule has 6 rings (SSSR count). The number of methoxy groups -OCH3 is 2. The van der Waals surface area contributed by atoms with E-state index in [2.05, 4.69) is 0 Å². The van der Waals surface area contributed by atoms with E-state index in [0.717, 1.165) is 12.1 Å². The largest absolute Gasteiger partial charge is 0.744 e. The van der Waals surface area contributed by atoms with Crippen LogP contribution < -0.4 is 4.90 Å². The van der Waals surface area contributed by atoms with Crippen LogP contribution in [0.4, 0.5) is 11.4 Å². The van der Waals surface area contributed by atoms with Gasteiger partial charge in [-0.2, -0.15) is 38.2 Å². The molecule has 4 aromatic carbocycles. The molecule has 0 bridgehead atoms. The summed E-state index contributed by atoms with van der Waals surface area (Å²) in [5, 5.41) is 9.18.